The van der Waals surface area contributed by atoms with Crippen LogP contribution in [0.25, 0.3) is 0 Å². The first-order chi connectivity index (χ1) is 13.0. The third kappa shape index (κ3) is 8.92. The predicted molar refractivity (Wildman–Crippen MR) is 104 cm³/mol. The normalized spacial score (nSPS) is 9.07. The second kappa shape index (κ2) is 14.4. The molecule has 0 heterocycles. The average Bonchev–Trinajstić information content (AvgIpc) is 2.70. The summed E-state index contributed by atoms with van der Waals surface area (Å²) in [5.41, 5.74) is 4.68. The number of nitriles is 1. The number of carbonyl (C=O) groups excluding carboxylic acids is 1. The topological polar surface area (TPSA) is 94.4 Å². The fourth-order valence-electron chi connectivity index (χ4n) is 1.85. The highest BCUT2D eigenvalue weighted by Crippen LogP contribution is 2.24. The Labute approximate surface area is 159 Å². The first-order valence-corrected chi connectivity index (χ1v) is 8.47. The molecule has 0 unspecified atom stereocenters. The number of hydrogen-bond donors (Lipinski definition) is 3. The highest BCUT2D eigenvalue weighted by Gasteiger charge is 2.07. The summed E-state index contributed by atoms with van der Waals surface area (Å²) in [5, 5.41) is 19.7. The van der Waals surface area contributed by atoms with Gasteiger partial charge in [0.05, 0.1) is 36.2 Å². The molecule has 2 rings (SSSR count). The highest BCUT2D eigenvalue weighted by atomic mass is 19.1. The molecule has 0 aliphatic rings. The fourth-order valence-corrected chi connectivity index (χ4v) is 1.85. The zero-order chi connectivity index (χ0) is 20.7. The van der Waals surface area contributed by atoms with Gasteiger partial charge >= 0.3 is 0 Å². The molecule has 0 saturated heterocycles. The van der Waals surface area contributed by atoms with Crippen LogP contribution in [0.2, 0.25) is 0 Å². The lowest BCUT2D eigenvalue weighted by molar-refractivity contribution is 0.0314. The van der Waals surface area contributed by atoms with Crippen LogP contribution in [-0.2, 0) is 4.84 Å². The summed E-state index contributed by atoms with van der Waals surface area (Å²) in [5.74, 6) is -0.404. The number of halogens is 1. The molecule has 6 nitrogen and oxygen atoms in total. The SMILES string of the molecule is CC.CNOCCO.Cc1ccc(Nc2cc(C#N)ccc2C=O)c(F)c1. The third-order valence-corrected chi connectivity index (χ3v) is 3.04. The Balaban J connectivity index is 0.000000722. The van der Waals surface area contributed by atoms with Gasteiger partial charge in [-0.25, -0.2) is 9.87 Å². The van der Waals surface area contributed by atoms with Crippen LogP contribution in [0.4, 0.5) is 15.8 Å². The molecule has 0 aliphatic heterocycles. The molecule has 7 heteroatoms. The van der Waals surface area contributed by atoms with Crippen molar-refractivity contribution in [1.29, 1.82) is 5.26 Å². The number of nitrogens with zero attached hydrogens (tertiary/aromatic N) is 1. The van der Waals surface area contributed by atoms with Crippen molar-refractivity contribution in [2.24, 2.45) is 0 Å². The van der Waals surface area contributed by atoms with Crippen molar-refractivity contribution in [2.45, 2.75) is 20.8 Å². The molecule has 2 aromatic rings. The van der Waals surface area contributed by atoms with Crippen LogP contribution in [0, 0.1) is 24.1 Å². The lowest BCUT2D eigenvalue weighted by Crippen LogP contribution is -2.10. The molecule has 0 radical (unpaired) electrons. The monoisotopic (exact) mass is 375 g/mol. The van der Waals surface area contributed by atoms with Crippen molar-refractivity contribution < 1.29 is 19.1 Å². The minimum Gasteiger partial charge on any atom is -0.394 e. The zero-order valence-corrected chi connectivity index (χ0v) is 16.0. The zero-order valence-electron chi connectivity index (χ0n) is 16.0. The Hall–Kier alpha value is -2.79. The lowest BCUT2D eigenvalue weighted by Gasteiger charge is -2.10. The van der Waals surface area contributed by atoms with Gasteiger partial charge in [0.2, 0.25) is 0 Å². The van der Waals surface area contributed by atoms with Gasteiger partial charge in [-0.1, -0.05) is 19.9 Å². The van der Waals surface area contributed by atoms with Crippen molar-refractivity contribution in [3.05, 3.63) is 58.9 Å². The molecule has 0 aromatic heterocycles. The van der Waals surface area contributed by atoms with Crippen molar-refractivity contribution >= 4 is 17.7 Å². The maximum absolute atomic E-state index is 13.7. The van der Waals surface area contributed by atoms with E-state index in [9.17, 15) is 9.18 Å². The summed E-state index contributed by atoms with van der Waals surface area (Å²) in [7, 11) is 1.65. The summed E-state index contributed by atoms with van der Waals surface area (Å²) in [6.07, 6.45) is 0.662. The van der Waals surface area contributed by atoms with Gasteiger partial charge in [-0.05, 0) is 42.8 Å². The van der Waals surface area contributed by atoms with Gasteiger partial charge in [0.25, 0.3) is 0 Å². The van der Waals surface area contributed by atoms with Gasteiger partial charge in [0, 0.05) is 12.6 Å². The largest absolute Gasteiger partial charge is 0.394 e. The Kier molecular flexibility index (Phi) is 12.9. The molecule has 0 aliphatic carbocycles. The molecule has 2 aromatic carbocycles. The first kappa shape index (κ1) is 24.2. The number of rotatable bonds is 6. The van der Waals surface area contributed by atoms with Gasteiger partial charge in [-0.3, -0.25) is 9.63 Å². The van der Waals surface area contributed by atoms with Crippen molar-refractivity contribution in [2.75, 3.05) is 25.6 Å². The first-order valence-electron chi connectivity index (χ1n) is 8.47. The minimum absolute atomic E-state index is 0.0703. The number of aliphatic hydroxyl groups is 1. The van der Waals surface area contributed by atoms with E-state index in [0.29, 0.717) is 29.7 Å². The van der Waals surface area contributed by atoms with Crippen molar-refractivity contribution in [3.8, 4) is 6.07 Å². The van der Waals surface area contributed by atoms with Gasteiger partial charge in [0.15, 0.2) is 6.29 Å². The molecule has 3 N–H and O–H groups in total. The highest BCUT2D eigenvalue weighted by molar-refractivity contribution is 5.86. The van der Waals surface area contributed by atoms with E-state index in [-0.39, 0.29) is 12.3 Å². The molecule has 0 fully saturated rings. The molecule has 0 spiro atoms. The second-order valence-corrected chi connectivity index (χ2v) is 4.92. The van der Waals surface area contributed by atoms with E-state index in [4.69, 9.17) is 10.4 Å². The number of carbonyl (C=O) groups is 1. The summed E-state index contributed by atoms with van der Waals surface area (Å²) < 4.78 is 13.7. The van der Waals surface area contributed by atoms with Crippen molar-refractivity contribution in [3.63, 3.8) is 0 Å². The second-order valence-electron chi connectivity index (χ2n) is 4.92. The summed E-state index contributed by atoms with van der Waals surface area (Å²) >= 11 is 0. The molecule has 27 heavy (non-hydrogen) atoms. The van der Waals surface area contributed by atoms with E-state index in [1.807, 2.05) is 19.9 Å². The molecule has 146 valence electrons. The van der Waals surface area contributed by atoms with Crippen molar-refractivity contribution in [1.82, 2.24) is 5.48 Å². The molecule has 0 bridgehead atoms. The molecule has 0 amide bonds. The smallest absolute Gasteiger partial charge is 0.152 e. The van der Waals surface area contributed by atoms with Gasteiger partial charge in [-0.15, -0.1) is 0 Å². The maximum Gasteiger partial charge on any atom is 0.152 e. The lowest BCUT2D eigenvalue weighted by atomic mass is 10.1. The van der Waals surface area contributed by atoms with Gasteiger partial charge in [0.1, 0.15) is 5.82 Å². The quantitative estimate of drug-likeness (QED) is 0.405. The predicted octanol–water partition coefficient (Wildman–Crippen LogP) is 3.72. The van der Waals surface area contributed by atoms with Crippen LogP contribution in [0.5, 0.6) is 0 Å². The summed E-state index contributed by atoms with van der Waals surface area (Å²) in [6.45, 7) is 6.22. The Bertz CT molecular complexity index is 742. The Morgan fingerprint density at radius 1 is 1.22 bits per heavy atom. The molecular formula is C20H26FN3O3. The number of aliphatic hydroxyl groups excluding tert-OH is 1. The van der Waals surface area contributed by atoms with Crippen LogP contribution in [0.3, 0.4) is 0 Å². The summed E-state index contributed by atoms with van der Waals surface area (Å²) in [4.78, 5) is 15.4. The van der Waals surface area contributed by atoms with E-state index < -0.39 is 5.82 Å². The van der Waals surface area contributed by atoms with Gasteiger partial charge in [-0.2, -0.15) is 5.26 Å². The maximum atomic E-state index is 13.7. The van der Waals surface area contributed by atoms with E-state index >= 15 is 0 Å². The summed E-state index contributed by atoms with van der Waals surface area (Å²) in [6, 6.07) is 11.3. The molecule has 0 saturated carbocycles. The minimum atomic E-state index is -0.404. The van der Waals surface area contributed by atoms with Crippen LogP contribution in [0.15, 0.2) is 36.4 Å². The van der Waals surface area contributed by atoms with E-state index in [2.05, 4.69) is 15.6 Å². The standard InChI is InChI=1S/C15H11FN2O.C3H9NO2.C2H6/c1-10-2-5-14(13(16)6-10)18-15-7-11(8-17)3-4-12(15)9-19;1-4-6-3-2-5;1-2/h2-7,9,18H,1H3;4-5H,2-3H2,1H3;1-2H3. The van der Waals surface area contributed by atoms with E-state index in [1.54, 1.807) is 32.2 Å². The number of nitrogens with one attached hydrogen (secondary N) is 2. The number of hydroxylamine groups is 1. The molecule has 0 atom stereocenters. The van der Waals surface area contributed by atoms with Crippen LogP contribution in [-0.4, -0.2) is 31.7 Å². The van der Waals surface area contributed by atoms with Crippen LogP contribution < -0.4 is 10.8 Å². The fraction of sp³-hybridized carbons (Fsp3) is 0.300. The third-order valence-electron chi connectivity index (χ3n) is 3.04. The van der Waals surface area contributed by atoms with Crippen LogP contribution in [0.1, 0.15) is 35.3 Å². The van der Waals surface area contributed by atoms with Crippen LogP contribution >= 0.6 is 0 Å². The Morgan fingerprint density at radius 2 is 1.93 bits per heavy atom. The van der Waals surface area contributed by atoms with E-state index in [1.165, 1.54) is 18.2 Å². The van der Waals surface area contributed by atoms with E-state index in [0.717, 1.165) is 5.56 Å². The number of anilines is 2. The number of aryl methyl sites for hydroxylation is 1. The number of aldehydes is 1. The Morgan fingerprint density at radius 3 is 2.41 bits per heavy atom. The average molecular weight is 375 g/mol. The number of benzene rings is 2. The molecular weight excluding hydrogens is 349 g/mol. The van der Waals surface area contributed by atoms with Gasteiger partial charge < -0.3 is 10.4 Å². The number of hydrogen-bond acceptors (Lipinski definition) is 6.